The number of hydrazine groups is 1. The van der Waals surface area contributed by atoms with E-state index in [4.69, 9.17) is 9.73 Å². The molecule has 0 amide bonds. The normalized spacial score (nSPS) is 19.1. The standard InChI is InChI=1S/C19H29N5O2S/c1-5-26-19(25)17-15-9-6-8-14-12-23(27-4)13-20-16(14)18(15)24(21-17)11-7-10-22(2)3/h12-13,21H,5-11H2,1-4H3. The Morgan fingerprint density at radius 1 is 1.41 bits per heavy atom. The van der Waals surface area contributed by atoms with Gasteiger partial charge in [-0.25, -0.2) is 9.79 Å². The lowest BCUT2D eigenvalue weighted by Crippen LogP contribution is -2.36. The van der Waals surface area contributed by atoms with E-state index < -0.39 is 0 Å². The Kier molecular flexibility index (Phi) is 6.49. The summed E-state index contributed by atoms with van der Waals surface area (Å²) >= 11 is 1.63. The summed E-state index contributed by atoms with van der Waals surface area (Å²) in [5.41, 5.74) is 8.17. The maximum Gasteiger partial charge on any atom is 0.356 e. The molecule has 7 nitrogen and oxygen atoms in total. The van der Waals surface area contributed by atoms with Crippen LogP contribution in [-0.4, -0.2) is 66.6 Å². The van der Waals surface area contributed by atoms with E-state index in [0.29, 0.717) is 12.3 Å². The van der Waals surface area contributed by atoms with Crippen LogP contribution < -0.4 is 5.43 Å². The molecule has 0 aromatic carbocycles. The zero-order valence-corrected chi connectivity index (χ0v) is 17.4. The number of ether oxygens (including phenoxy) is 1. The van der Waals surface area contributed by atoms with E-state index in [2.05, 4.69) is 35.6 Å². The summed E-state index contributed by atoms with van der Waals surface area (Å²) in [7, 11) is 4.14. The van der Waals surface area contributed by atoms with Gasteiger partial charge in [-0.05, 0) is 70.8 Å². The zero-order valence-electron chi connectivity index (χ0n) is 16.6. The number of carbonyl (C=O) groups excluding carboxylic acids is 1. The van der Waals surface area contributed by atoms with Crippen molar-refractivity contribution in [2.45, 2.75) is 32.6 Å². The third-order valence-corrected chi connectivity index (χ3v) is 5.39. The Bertz CT molecular complexity index is 711. The Hall–Kier alpha value is -1.93. The minimum absolute atomic E-state index is 0.279. The van der Waals surface area contributed by atoms with Gasteiger partial charge in [-0.1, -0.05) is 0 Å². The molecule has 8 heteroatoms. The van der Waals surface area contributed by atoms with Crippen LogP contribution in [0, 0.1) is 0 Å². The third-order valence-electron chi connectivity index (χ3n) is 4.77. The van der Waals surface area contributed by atoms with Crippen LogP contribution in [0.2, 0.25) is 0 Å². The predicted molar refractivity (Wildman–Crippen MR) is 109 cm³/mol. The van der Waals surface area contributed by atoms with Crippen molar-refractivity contribution >= 4 is 24.3 Å². The molecule has 0 aromatic rings. The van der Waals surface area contributed by atoms with Crippen LogP contribution in [0.25, 0.3) is 0 Å². The van der Waals surface area contributed by atoms with Gasteiger partial charge in [0.1, 0.15) is 12.0 Å². The molecule has 1 aliphatic carbocycles. The number of aliphatic imine (C=N–C) groups is 1. The summed E-state index contributed by atoms with van der Waals surface area (Å²) in [6.07, 6.45) is 9.81. The molecule has 0 fully saturated rings. The predicted octanol–water partition coefficient (Wildman–Crippen LogP) is 2.48. The molecule has 27 heavy (non-hydrogen) atoms. The van der Waals surface area contributed by atoms with Gasteiger partial charge >= 0.3 is 5.97 Å². The lowest BCUT2D eigenvalue weighted by molar-refractivity contribution is -0.139. The van der Waals surface area contributed by atoms with Gasteiger partial charge in [0, 0.05) is 24.6 Å². The van der Waals surface area contributed by atoms with Crippen molar-refractivity contribution in [3.05, 3.63) is 34.4 Å². The minimum atomic E-state index is -0.279. The molecule has 0 aromatic heterocycles. The van der Waals surface area contributed by atoms with Crippen LogP contribution in [0.15, 0.2) is 39.4 Å². The SMILES string of the molecule is CCOC(=O)C1=C2CCCC3=CN(SC)C=NC3=C2N(CCCN(C)C)N1. The highest BCUT2D eigenvalue weighted by molar-refractivity contribution is 7.96. The molecular weight excluding hydrogens is 362 g/mol. The van der Waals surface area contributed by atoms with Gasteiger partial charge in [-0.15, -0.1) is 0 Å². The molecule has 0 saturated heterocycles. The van der Waals surface area contributed by atoms with Gasteiger partial charge in [-0.2, -0.15) is 0 Å². The number of nitrogens with zero attached hydrogens (tertiary/aromatic N) is 4. The summed E-state index contributed by atoms with van der Waals surface area (Å²) in [6, 6.07) is 0. The van der Waals surface area contributed by atoms with Gasteiger partial charge in [0.2, 0.25) is 0 Å². The fraction of sp³-hybridized carbons (Fsp3) is 0.579. The Labute approximate surface area is 165 Å². The largest absolute Gasteiger partial charge is 0.461 e. The van der Waals surface area contributed by atoms with Gasteiger partial charge in [-0.3, -0.25) is 14.7 Å². The van der Waals surface area contributed by atoms with Crippen molar-refractivity contribution < 1.29 is 9.53 Å². The average Bonchev–Trinajstić information content (AvgIpc) is 2.89. The Morgan fingerprint density at radius 3 is 2.93 bits per heavy atom. The number of rotatable bonds is 7. The fourth-order valence-corrected chi connectivity index (χ4v) is 3.91. The second kappa shape index (κ2) is 8.84. The lowest BCUT2D eigenvalue weighted by Gasteiger charge is -2.26. The van der Waals surface area contributed by atoms with E-state index in [9.17, 15) is 4.79 Å². The molecule has 2 aliphatic heterocycles. The van der Waals surface area contributed by atoms with E-state index in [1.807, 2.05) is 23.8 Å². The molecule has 1 N–H and O–H groups in total. The molecule has 0 radical (unpaired) electrons. The zero-order chi connectivity index (χ0) is 19.4. The quantitative estimate of drug-likeness (QED) is 0.528. The van der Waals surface area contributed by atoms with Crippen LogP contribution in [0.5, 0.6) is 0 Å². The van der Waals surface area contributed by atoms with E-state index in [-0.39, 0.29) is 5.97 Å². The van der Waals surface area contributed by atoms with E-state index in [0.717, 1.165) is 55.7 Å². The van der Waals surface area contributed by atoms with Crippen molar-refractivity contribution in [1.82, 2.24) is 19.6 Å². The van der Waals surface area contributed by atoms with Crippen LogP contribution in [-0.2, 0) is 9.53 Å². The monoisotopic (exact) mass is 391 g/mol. The van der Waals surface area contributed by atoms with Crippen molar-refractivity contribution in [3.63, 3.8) is 0 Å². The molecule has 0 saturated carbocycles. The van der Waals surface area contributed by atoms with Gasteiger partial charge in [0.25, 0.3) is 0 Å². The number of hydrogen-bond donors (Lipinski definition) is 1. The third kappa shape index (κ3) is 4.32. The highest BCUT2D eigenvalue weighted by Crippen LogP contribution is 2.40. The lowest BCUT2D eigenvalue weighted by atomic mass is 10.1. The summed E-state index contributed by atoms with van der Waals surface area (Å²) in [6.45, 7) is 3.99. The summed E-state index contributed by atoms with van der Waals surface area (Å²) in [5, 5.41) is 2.09. The highest BCUT2D eigenvalue weighted by Gasteiger charge is 2.36. The van der Waals surface area contributed by atoms with E-state index in [1.54, 1.807) is 11.9 Å². The molecule has 3 rings (SSSR count). The van der Waals surface area contributed by atoms with Crippen molar-refractivity contribution in [3.8, 4) is 0 Å². The maximum absolute atomic E-state index is 12.5. The molecule has 0 atom stereocenters. The minimum Gasteiger partial charge on any atom is -0.461 e. The van der Waals surface area contributed by atoms with Crippen molar-refractivity contribution in [2.75, 3.05) is 40.0 Å². The van der Waals surface area contributed by atoms with Gasteiger partial charge in [0.15, 0.2) is 0 Å². The first-order valence-corrected chi connectivity index (χ1v) is 10.6. The van der Waals surface area contributed by atoms with Crippen molar-refractivity contribution in [1.29, 1.82) is 0 Å². The highest BCUT2D eigenvalue weighted by atomic mass is 32.2. The Balaban J connectivity index is 1.97. The maximum atomic E-state index is 12.5. The first-order valence-electron chi connectivity index (χ1n) is 9.46. The topological polar surface area (TPSA) is 60.4 Å². The smallest absolute Gasteiger partial charge is 0.356 e. The van der Waals surface area contributed by atoms with Crippen LogP contribution in [0.4, 0.5) is 0 Å². The second-order valence-corrected chi connectivity index (χ2v) is 7.77. The van der Waals surface area contributed by atoms with Crippen molar-refractivity contribution in [2.24, 2.45) is 4.99 Å². The molecule has 0 unspecified atom stereocenters. The molecule has 148 valence electrons. The van der Waals surface area contributed by atoms with E-state index >= 15 is 0 Å². The first kappa shape index (κ1) is 19.8. The van der Waals surface area contributed by atoms with Crippen LogP contribution >= 0.6 is 11.9 Å². The molecule has 2 heterocycles. The molecular formula is C19H29N5O2S. The number of esters is 1. The second-order valence-electron chi connectivity index (χ2n) is 6.99. The van der Waals surface area contributed by atoms with Gasteiger partial charge in [0.05, 0.1) is 18.0 Å². The number of carbonyl (C=O) groups is 1. The molecule has 0 bridgehead atoms. The fourth-order valence-electron chi connectivity index (χ4n) is 3.54. The van der Waals surface area contributed by atoms with Gasteiger partial charge < -0.3 is 9.64 Å². The Morgan fingerprint density at radius 2 is 2.22 bits per heavy atom. The number of hydrogen-bond acceptors (Lipinski definition) is 8. The summed E-state index contributed by atoms with van der Waals surface area (Å²) < 4.78 is 7.32. The van der Waals surface area contributed by atoms with E-state index in [1.165, 1.54) is 5.57 Å². The first-order chi connectivity index (χ1) is 13.0. The van der Waals surface area contributed by atoms with Crippen LogP contribution in [0.3, 0.4) is 0 Å². The average molecular weight is 392 g/mol. The molecule has 0 spiro atoms. The number of fused-ring (bicyclic) bond motifs is 2. The number of allylic oxidation sites excluding steroid dienone is 2. The molecule has 3 aliphatic rings. The summed E-state index contributed by atoms with van der Waals surface area (Å²) in [4.78, 5) is 19.5. The number of nitrogens with one attached hydrogen (secondary N) is 1. The summed E-state index contributed by atoms with van der Waals surface area (Å²) in [5.74, 6) is -0.279. The van der Waals surface area contributed by atoms with Crippen LogP contribution in [0.1, 0.15) is 32.6 Å².